The van der Waals surface area contributed by atoms with Crippen molar-refractivity contribution in [3.8, 4) is 5.75 Å². The van der Waals surface area contributed by atoms with Crippen molar-refractivity contribution >= 4 is 23.0 Å². The molecule has 2 saturated heterocycles. The van der Waals surface area contributed by atoms with E-state index in [-0.39, 0.29) is 29.5 Å². The first-order valence-electron chi connectivity index (χ1n) is 12.7. The maximum atomic E-state index is 13.0. The number of esters is 1. The molecule has 0 N–H and O–H groups in total. The summed E-state index contributed by atoms with van der Waals surface area (Å²) >= 11 is 1.28. The van der Waals surface area contributed by atoms with Gasteiger partial charge in [0.25, 0.3) is 5.24 Å². The molecule has 8 heteroatoms. The molecule has 0 saturated carbocycles. The van der Waals surface area contributed by atoms with E-state index in [0.717, 1.165) is 49.0 Å². The van der Waals surface area contributed by atoms with Gasteiger partial charge in [-0.2, -0.15) is 0 Å². The molecule has 3 aliphatic rings. The van der Waals surface area contributed by atoms with E-state index in [1.807, 2.05) is 36.1 Å². The van der Waals surface area contributed by atoms with Crippen molar-refractivity contribution in [1.82, 2.24) is 4.90 Å². The second kappa shape index (κ2) is 12.3. The van der Waals surface area contributed by atoms with E-state index < -0.39 is 5.79 Å². The molecule has 3 aliphatic heterocycles. The van der Waals surface area contributed by atoms with Crippen LogP contribution < -0.4 is 4.74 Å². The molecular formula is C28H37NO6S. The Kier molecular flexibility index (Phi) is 9.14. The van der Waals surface area contributed by atoms with Crippen molar-refractivity contribution in [3.05, 3.63) is 53.6 Å². The van der Waals surface area contributed by atoms with Crippen LogP contribution in [0.4, 0.5) is 4.79 Å². The monoisotopic (exact) mass is 515 g/mol. The Morgan fingerprint density at radius 2 is 1.89 bits per heavy atom. The quantitative estimate of drug-likeness (QED) is 0.371. The van der Waals surface area contributed by atoms with Crippen LogP contribution in [0.3, 0.4) is 0 Å². The lowest BCUT2D eigenvalue weighted by molar-refractivity contribution is -0.305. The molecule has 1 amide bonds. The second-order valence-electron chi connectivity index (χ2n) is 9.75. The molecule has 0 radical (unpaired) electrons. The van der Waals surface area contributed by atoms with Crippen LogP contribution in [0.2, 0.25) is 0 Å². The SMILES string of the molecule is COc1ccc(CN2C(=O)SCC2[C@@]2(OC)CC3C[C@@H](CCC/C=C\CC/C(C)=C\C(=O)O3)O2)cc1. The van der Waals surface area contributed by atoms with Gasteiger partial charge in [0.2, 0.25) is 0 Å². The zero-order chi connectivity index (χ0) is 25.5. The zero-order valence-electron chi connectivity index (χ0n) is 21.4. The third-order valence-corrected chi connectivity index (χ3v) is 8.12. The summed E-state index contributed by atoms with van der Waals surface area (Å²) in [6, 6.07) is 7.42. The van der Waals surface area contributed by atoms with Gasteiger partial charge in [-0.1, -0.05) is 41.6 Å². The standard InChI is InChI=1S/C28H37NO6S/c1-20-9-7-5-4-6-8-10-23-16-24(34-26(30)15-20)17-28(33-3,35-23)25-19-36-27(31)29(25)18-21-11-13-22(32-2)14-12-21/h4-5,11-15,23-25H,6-10,16-19H2,1-3H3/b5-4-,20-15-/t23-,24?,25?,28-/m1/s1. The fourth-order valence-electron chi connectivity index (χ4n) is 5.22. The average molecular weight is 516 g/mol. The van der Waals surface area contributed by atoms with Gasteiger partial charge in [0, 0.05) is 38.3 Å². The largest absolute Gasteiger partial charge is 0.497 e. The summed E-state index contributed by atoms with van der Waals surface area (Å²) in [7, 11) is 3.26. The Balaban J connectivity index is 1.58. The minimum absolute atomic E-state index is 0.00246. The van der Waals surface area contributed by atoms with Gasteiger partial charge in [0.05, 0.1) is 19.3 Å². The number of nitrogens with zero attached hydrogens (tertiary/aromatic N) is 1. The van der Waals surface area contributed by atoms with Gasteiger partial charge in [-0.3, -0.25) is 4.79 Å². The number of hydrogen-bond acceptors (Lipinski definition) is 7. The minimum atomic E-state index is -1.05. The van der Waals surface area contributed by atoms with Crippen LogP contribution in [-0.2, 0) is 25.5 Å². The number of hydrogen-bond donors (Lipinski definition) is 0. The Bertz CT molecular complexity index is 977. The summed E-state index contributed by atoms with van der Waals surface area (Å²) in [5, 5.41) is -0.00246. The third kappa shape index (κ3) is 6.52. The Morgan fingerprint density at radius 3 is 2.64 bits per heavy atom. The minimum Gasteiger partial charge on any atom is -0.497 e. The molecular weight excluding hydrogens is 478 g/mol. The third-order valence-electron chi connectivity index (χ3n) is 7.16. The van der Waals surface area contributed by atoms with E-state index in [9.17, 15) is 9.59 Å². The molecule has 1 aromatic carbocycles. The topological polar surface area (TPSA) is 74.3 Å². The molecule has 4 atom stereocenters. The number of carbonyl (C=O) groups is 2. The first kappa shape index (κ1) is 26.8. The van der Waals surface area contributed by atoms with Crippen molar-refractivity contribution < 1.29 is 28.5 Å². The number of thioether (sulfide) groups is 1. The Hall–Kier alpha value is -2.29. The van der Waals surface area contributed by atoms with Gasteiger partial charge in [0.1, 0.15) is 11.9 Å². The smallest absolute Gasteiger partial charge is 0.330 e. The van der Waals surface area contributed by atoms with Crippen molar-refractivity contribution in [2.45, 2.75) is 82.5 Å². The summed E-state index contributed by atoms with van der Waals surface area (Å²) in [6.07, 6.45) is 11.1. The number of fused-ring (bicyclic) bond motifs is 2. The number of amides is 1. The molecule has 7 nitrogen and oxygen atoms in total. The molecule has 0 spiro atoms. The van der Waals surface area contributed by atoms with Gasteiger partial charge in [-0.25, -0.2) is 4.79 Å². The fourth-order valence-corrected chi connectivity index (χ4v) is 6.31. The first-order valence-corrected chi connectivity index (χ1v) is 13.7. The van der Waals surface area contributed by atoms with Crippen LogP contribution in [0.1, 0.15) is 57.4 Å². The van der Waals surface area contributed by atoms with Crippen LogP contribution in [0, 0.1) is 0 Å². The number of allylic oxidation sites excluding steroid dienone is 3. The van der Waals surface area contributed by atoms with Gasteiger partial charge >= 0.3 is 5.97 Å². The van der Waals surface area contributed by atoms with Crippen molar-refractivity contribution in [1.29, 1.82) is 0 Å². The lowest BCUT2D eigenvalue weighted by Gasteiger charge is -2.48. The first-order chi connectivity index (χ1) is 17.4. The summed E-state index contributed by atoms with van der Waals surface area (Å²) in [5.74, 6) is -0.0489. The predicted molar refractivity (Wildman–Crippen MR) is 140 cm³/mol. The van der Waals surface area contributed by atoms with E-state index in [1.54, 1.807) is 20.3 Å². The van der Waals surface area contributed by atoms with Crippen molar-refractivity contribution in [2.24, 2.45) is 0 Å². The van der Waals surface area contributed by atoms with Gasteiger partial charge in [-0.15, -0.1) is 0 Å². The maximum Gasteiger partial charge on any atom is 0.330 e. The molecule has 4 rings (SSSR count). The van der Waals surface area contributed by atoms with Crippen LogP contribution in [0.5, 0.6) is 5.75 Å². The van der Waals surface area contributed by atoms with Gasteiger partial charge in [-0.05, 0) is 56.7 Å². The van der Waals surface area contributed by atoms with Crippen LogP contribution >= 0.6 is 11.8 Å². The zero-order valence-corrected chi connectivity index (χ0v) is 22.3. The lowest BCUT2D eigenvalue weighted by Crippen LogP contribution is -2.60. The number of benzene rings is 1. The number of methoxy groups -OCH3 is 2. The average Bonchev–Trinajstić information content (AvgIpc) is 3.23. The summed E-state index contributed by atoms with van der Waals surface area (Å²) in [6.45, 7) is 2.41. The van der Waals surface area contributed by atoms with E-state index in [2.05, 4.69) is 12.2 Å². The highest BCUT2D eigenvalue weighted by molar-refractivity contribution is 8.13. The molecule has 2 fully saturated rings. The van der Waals surface area contributed by atoms with E-state index in [0.29, 0.717) is 25.1 Å². The molecule has 0 aliphatic carbocycles. The number of ether oxygens (including phenoxy) is 4. The number of carbonyl (C=O) groups excluding carboxylic acids is 2. The van der Waals surface area contributed by atoms with Gasteiger partial charge < -0.3 is 23.8 Å². The molecule has 3 heterocycles. The molecule has 196 valence electrons. The molecule has 0 aromatic heterocycles. The number of rotatable bonds is 5. The maximum absolute atomic E-state index is 13.0. The lowest BCUT2D eigenvalue weighted by atomic mass is 9.90. The van der Waals surface area contributed by atoms with E-state index in [1.165, 1.54) is 11.8 Å². The van der Waals surface area contributed by atoms with Crippen LogP contribution in [0.15, 0.2) is 48.1 Å². The fraction of sp³-hybridized carbons (Fsp3) is 0.571. The summed E-state index contributed by atoms with van der Waals surface area (Å²) in [4.78, 5) is 27.5. The summed E-state index contributed by atoms with van der Waals surface area (Å²) < 4.78 is 24.0. The van der Waals surface area contributed by atoms with Gasteiger partial charge in [0.15, 0.2) is 5.79 Å². The molecule has 2 unspecified atom stereocenters. The van der Waals surface area contributed by atoms with E-state index >= 15 is 0 Å². The van der Waals surface area contributed by atoms with Crippen molar-refractivity contribution in [2.75, 3.05) is 20.0 Å². The molecule has 1 aromatic rings. The predicted octanol–water partition coefficient (Wildman–Crippen LogP) is 5.63. The highest BCUT2D eigenvalue weighted by Crippen LogP contribution is 2.43. The second-order valence-corrected chi connectivity index (χ2v) is 10.7. The van der Waals surface area contributed by atoms with Crippen molar-refractivity contribution in [3.63, 3.8) is 0 Å². The summed E-state index contributed by atoms with van der Waals surface area (Å²) in [5.41, 5.74) is 2.01. The highest BCUT2D eigenvalue weighted by Gasteiger charge is 2.54. The highest BCUT2D eigenvalue weighted by atomic mass is 32.2. The van der Waals surface area contributed by atoms with Crippen LogP contribution in [0.25, 0.3) is 0 Å². The molecule has 2 bridgehead atoms. The normalized spacial score (nSPS) is 32.2. The Morgan fingerprint density at radius 1 is 1.11 bits per heavy atom. The Labute approximate surface area is 218 Å². The van der Waals surface area contributed by atoms with Crippen LogP contribution in [-0.4, -0.2) is 60.1 Å². The molecule has 36 heavy (non-hydrogen) atoms. The van der Waals surface area contributed by atoms with E-state index in [4.69, 9.17) is 18.9 Å².